The van der Waals surface area contributed by atoms with Crippen LogP contribution in [0.3, 0.4) is 0 Å². The van der Waals surface area contributed by atoms with Crippen molar-refractivity contribution < 1.29 is 14.3 Å². The third-order valence-corrected chi connectivity index (χ3v) is 4.05. The molecular formula is C15H18N4O4. The molecule has 1 aromatic carbocycles. The second-order valence-electron chi connectivity index (χ2n) is 5.35. The first-order valence-electron chi connectivity index (χ1n) is 7.29. The molecule has 1 aliphatic heterocycles. The number of nitrogens with one attached hydrogen (secondary N) is 2. The molecule has 1 aromatic heterocycles. The SMILES string of the molecule is COc1cccc(C2CCN(C(=O)c3n[nH]c(=O)[nH]3)C2)c1OC. The van der Waals surface area contributed by atoms with Crippen molar-refractivity contribution in [3.63, 3.8) is 0 Å². The van der Waals surface area contributed by atoms with Crippen molar-refractivity contribution in [3.05, 3.63) is 40.1 Å². The summed E-state index contributed by atoms with van der Waals surface area (Å²) in [5.41, 5.74) is 0.524. The van der Waals surface area contributed by atoms with Crippen LogP contribution in [0.4, 0.5) is 0 Å². The number of aromatic nitrogens is 3. The minimum absolute atomic E-state index is 0.0354. The summed E-state index contributed by atoms with van der Waals surface area (Å²) in [5.74, 6) is 1.27. The molecule has 23 heavy (non-hydrogen) atoms. The fraction of sp³-hybridized carbons (Fsp3) is 0.400. The maximum Gasteiger partial charge on any atom is 0.341 e. The van der Waals surface area contributed by atoms with Crippen LogP contribution in [0, 0.1) is 0 Å². The molecule has 1 amide bonds. The molecule has 0 saturated carbocycles. The molecule has 1 atom stereocenters. The van der Waals surface area contributed by atoms with Crippen molar-refractivity contribution in [2.24, 2.45) is 0 Å². The van der Waals surface area contributed by atoms with Gasteiger partial charge >= 0.3 is 5.69 Å². The van der Waals surface area contributed by atoms with E-state index in [4.69, 9.17) is 9.47 Å². The minimum Gasteiger partial charge on any atom is -0.493 e. The van der Waals surface area contributed by atoms with E-state index in [1.807, 2.05) is 18.2 Å². The highest BCUT2D eigenvalue weighted by Gasteiger charge is 2.31. The highest BCUT2D eigenvalue weighted by atomic mass is 16.5. The lowest BCUT2D eigenvalue weighted by molar-refractivity contribution is 0.0779. The van der Waals surface area contributed by atoms with Gasteiger partial charge in [-0.25, -0.2) is 9.89 Å². The van der Waals surface area contributed by atoms with E-state index in [9.17, 15) is 9.59 Å². The molecule has 0 spiro atoms. The Bertz CT molecular complexity index is 767. The maximum atomic E-state index is 12.3. The number of ether oxygens (including phenoxy) is 2. The number of aromatic amines is 2. The number of rotatable bonds is 4. The molecule has 1 fully saturated rings. The number of hydrogen-bond acceptors (Lipinski definition) is 5. The van der Waals surface area contributed by atoms with Crippen LogP contribution in [-0.2, 0) is 0 Å². The second-order valence-corrected chi connectivity index (χ2v) is 5.35. The van der Waals surface area contributed by atoms with Gasteiger partial charge in [-0.05, 0) is 12.5 Å². The maximum absolute atomic E-state index is 12.3. The smallest absolute Gasteiger partial charge is 0.341 e. The Labute approximate surface area is 132 Å². The summed E-state index contributed by atoms with van der Waals surface area (Å²) in [6.45, 7) is 1.13. The monoisotopic (exact) mass is 318 g/mol. The van der Waals surface area contributed by atoms with E-state index < -0.39 is 5.69 Å². The quantitative estimate of drug-likeness (QED) is 0.866. The van der Waals surface area contributed by atoms with E-state index >= 15 is 0 Å². The summed E-state index contributed by atoms with van der Waals surface area (Å²) in [5, 5.41) is 5.89. The van der Waals surface area contributed by atoms with Crippen LogP contribution >= 0.6 is 0 Å². The highest BCUT2D eigenvalue weighted by molar-refractivity contribution is 5.90. The Balaban J connectivity index is 1.80. The van der Waals surface area contributed by atoms with Crippen LogP contribution < -0.4 is 15.2 Å². The number of nitrogens with zero attached hydrogens (tertiary/aromatic N) is 2. The van der Waals surface area contributed by atoms with Gasteiger partial charge in [0.1, 0.15) is 0 Å². The molecule has 2 aromatic rings. The predicted octanol–water partition coefficient (Wildman–Crippen LogP) is 0.745. The molecule has 8 heteroatoms. The lowest BCUT2D eigenvalue weighted by Crippen LogP contribution is -2.29. The number of hydrogen-bond donors (Lipinski definition) is 2. The van der Waals surface area contributed by atoms with E-state index in [0.29, 0.717) is 24.6 Å². The zero-order chi connectivity index (χ0) is 16.4. The van der Waals surface area contributed by atoms with E-state index in [0.717, 1.165) is 12.0 Å². The number of likely N-dealkylation sites (tertiary alicyclic amines) is 1. The van der Waals surface area contributed by atoms with Crippen LogP contribution in [0.1, 0.15) is 28.5 Å². The van der Waals surface area contributed by atoms with Gasteiger partial charge in [0, 0.05) is 24.6 Å². The number of benzene rings is 1. The third kappa shape index (κ3) is 2.79. The fourth-order valence-corrected chi connectivity index (χ4v) is 2.95. The molecular weight excluding hydrogens is 300 g/mol. The van der Waals surface area contributed by atoms with Crippen LogP contribution in [0.5, 0.6) is 11.5 Å². The molecule has 8 nitrogen and oxygen atoms in total. The van der Waals surface area contributed by atoms with Crippen LogP contribution in [0.15, 0.2) is 23.0 Å². The summed E-state index contributed by atoms with van der Waals surface area (Å²) in [7, 11) is 3.20. The molecule has 2 N–H and O–H groups in total. The van der Waals surface area contributed by atoms with Gasteiger partial charge < -0.3 is 14.4 Å². The van der Waals surface area contributed by atoms with Gasteiger partial charge in [0.2, 0.25) is 5.82 Å². The second kappa shape index (κ2) is 6.15. The predicted molar refractivity (Wildman–Crippen MR) is 82.0 cm³/mol. The van der Waals surface area contributed by atoms with Crippen molar-refractivity contribution in [3.8, 4) is 11.5 Å². The van der Waals surface area contributed by atoms with Gasteiger partial charge in [0.25, 0.3) is 5.91 Å². The molecule has 1 saturated heterocycles. The van der Waals surface area contributed by atoms with Gasteiger partial charge in [0.15, 0.2) is 11.5 Å². The lowest BCUT2D eigenvalue weighted by atomic mass is 9.97. The van der Waals surface area contributed by atoms with Gasteiger partial charge in [-0.1, -0.05) is 12.1 Å². The zero-order valence-electron chi connectivity index (χ0n) is 13.0. The molecule has 0 aliphatic carbocycles. The summed E-state index contributed by atoms with van der Waals surface area (Å²) < 4.78 is 10.8. The third-order valence-electron chi connectivity index (χ3n) is 4.05. The number of methoxy groups -OCH3 is 2. The summed E-state index contributed by atoms with van der Waals surface area (Å²) >= 11 is 0. The average molecular weight is 318 g/mol. The molecule has 3 rings (SSSR count). The number of para-hydroxylation sites is 1. The Kier molecular flexibility index (Phi) is 4.05. The Morgan fingerprint density at radius 2 is 2.17 bits per heavy atom. The van der Waals surface area contributed by atoms with Crippen molar-refractivity contribution in [1.29, 1.82) is 0 Å². The topological polar surface area (TPSA) is 100 Å². The van der Waals surface area contributed by atoms with Gasteiger partial charge in [-0.3, -0.25) is 9.78 Å². The van der Waals surface area contributed by atoms with Crippen molar-refractivity contribution in [1.82, 2.24) is 20.1 Å². The fourth-order valence-electron chi connectivity index (χ4n) is 2.95. The Morgan fingerprint density at radius 3 is 2.83 bits per heavy atom. The summed E-state index contributed by atoms with van der Waals surface area (Å²) in [6, 6.07) is 5.73. The van der Waals surface area contributed by atoms with E-state index in [1.54, 1.807) is 19.1 Å². The average Bonchev–Trinajstić information content (AvgIpc) is 3.22. The van der Waals surface area contributed by atoms with Gasteiger partial charge in [-0.15, -0.1) is 5.10 Å². The van der Waals surface area contributed by atoms with Crippen LogP contribution in [0.2, 0.25) is 0 Å². The standard InChI is InChI=1S/C15H18N4O4/c1-22-11-5-3-4-10(12(11)23-2)9-6-7-19(8-9)14(20)13-16-15(21)18-17-13/h3-5,9H,6-8H2,1-2H3,(H2,16,17,18,21). The first-order valence-corrected chi connectivity index (χ1v) is 7.29. The Morgan fingerprint density at radius 1 is 1.35 bits per heavy atom. The zero-order valence-corrected chi connectivity index (χ0v) is 13.0. The first kappa shape index (κ1) is 15.1. The molecule has 1 unspecified atom stereocenters. The molecule has 2 heterocycles. The molecule has 122 valence electrons. The first-order chi connectivity index (χ1) is 11.1. The molecule has 0 radical (unpaired) electrons. The van der Waals surface area contributed by atoms with Gasteiger partial charge in [-0.2, -0.15) is 0 Å². The summed E-state index contributed by atoms with van der Waals surface area (Å²) in [6.07, 6.45) is 0.809. The largest absolute Gasteiger partial charge is 0.493 e. The minimum atomic E-state index is -0.487. The van der Waals surface area contributed by atoms with Crippen LogP contribution in [0.25, 0.3) is 0 Å². The highest BCUT2D eigenvalue weighted by Crippen LogP contribution is 2.39. The van der Waals surface area contributed by atoms with Gasteiger partial charge in [0.05, 0.1) is 14.2 Å². The summed E-state index contributed by atoms with van der Waals surface area (Å²) in [4.78, 5) is 27.5. The van der Waals surface area contributed by atoms with Crippen molar-refractivity contribution in [2.75, 3.05) is 27.3 Å². The van der Waals surface area contributed by atoms with Crippen LogP contribution in [-0.4, -0.2) is 53.3 Å². The van der Waals surface area contributed by atoms with E-state index in [-0.39, 0.29) is 17.6 Å². The Hall–Kier alpha value is -2.77. The normalized spacial score (nSPS) is 17.3. The molecule has 1 aliphatic rings. The van der Waals surface area contributed by atoms with Crippen molar-refractivity contribution in [2.45, 2.75) is 12.3 Å². The van der Waals surface area contributed by atoms with Crippen molar-refractivity contribution >= 4 is 5.91 Å². The number of carbonyl (C=O) groups is 1. The number of amides is 1. The number of carbonyl (C=O) groups excluding carboxylic acids is 1. The lowest BCUT2D eigenvalue weighted by Gasteiger charge is -2.18. The van der Waals surface area contributed by atoms with E-state index in [1.165, 1.54) is 0 Å². The molecule has 0 bridgehead atoms. The van der Waals surface area contributed by atoms with E-state index in [2.05, 4.69) is 15.2 Å². The number of H-pyrrole nitrogens is 2.